The van der Waals surface area contributed by atoms with E-state index in [0.717, 1.165) is 32.1 Å². The van der Waals surface area contributed by atoms with Crippen molar-refractivity contribution >= 4 is 0 Å². The average molecular weight is 175 g/mol. The van der Waals surface area contributed by atoms with Crippen LogP contribution >= 0.6 is 0 Å². The van der Waals surface area contributed by atoms with Crippen molar-refractivity contribution in [2.45, 2.75) is 27.2 Å². The molecule has 0 aliphatic carbocycles. The van der Waals surface area contributed by atoms with Gasteiger partial charge in [0.1, 0.15) is 0 Å². The van der Waals surface area contributed by atoms with E-state index in [9.17, 15) is 0 Å². The summed E-state index contributed by atoms with van der Waals surface area (Å²) in [7, 11) is 0. The van der Waals surface area contributed by atoms with Crippen LogP contribution in [0.25, 0.3) is 0 Å². The van der Waals surface area contributed by atoms with Gasteiger partial charge in [-0.2, -0.15) is 0 Å². The lowest BCUT2D eigenvalue weighted by molar-refractivity contribution is 0.0262. The Balaban J connectivity index is 2.82. The summed E-state index contributed by atoms with van der Waals surface area (Å²) >= 11 is 0. The van der Waals surface area contributed by atoms with Gasteiger partial charge < -0.3 is 9.57 Å². The molecule has 1 N–H and O–H groups in total. The predicted molar refractivity (Wildman–Crippen MR) is 49.9 cm³/mol. The van der Waals surface area contributed by atoms with Crippen LogP contribution < -0.4 is 5.48 Å². The SMILES string of the molecule is CCONCCOCCC(C)C. The molecule has 0 bridgehead atoms. The minimum absolute atomic E-state index is 0.700. The molecule has 74 valence electrons. The third-order valence-electron chi connectivity index (χ3n) is 1.43. The molecule has 0 saturated heterocycles. The van der Waals surface area contributed by atoms with Gasteiger partial charge in [0, 0.05) is 13.2 Å². The lowest BCUT2D eigenvalue weighted by atomic mass is 10.1. The zero-order chi connectivity index (χ0) is 9.23. The lowest BCUT2D eigenvalue weighted by Crippen LogP contribution is -2.20. The monoisotopic (exact) mass is 175 g/mol. The van der Waals surface area contributed by atoms with Gasteiger partial charge in [-0.15, -0.1) is 0 Å². The first-order valence-corrected chi connectivity index (χ1v) is 4.69. The summed E-state index contributed by atoms with van der Waals surface area (Å²) in [5, 5.41) is 0. The molecule has 0 fully saturated rings. The molecular formula is C9H21NO2. The van der Waals surface area contributed by atoms with Crippen molar-refractivity contribution in [3.63, 3.8) is 0 Å². The van der Waals surface area contributed by atoms with E-state index in [-0.39, 0.29) is 0 Å². The van der Waals surface area contributed by atoms with Gasteiger partial charge in [-0.1, -0.05) is 13.8 Å². The quantitative estimate of drug-likeness (QED) is 0.449. The first-order valence-electron chi connectivity index (χ1n) is 4.69. The minimum Gasteiger partial charge on any atom is -0.380 e. The molecule has 0 aromatic heterocycles. The van der Waals surface area contributed by atoms with E-state index >= 15 is 0 Å². The number of ether oxygens (including phenoxy) is 1. The molecular weight excluding hydrogens is 154 g/mol. The van der Waals surface area contributed by atoms with Gasteiger partial charge in [-0.3, -0.25) is 0 Å². The van der Waals surface area contributed by atoms with Crippen LogP contribution in [-0.4, -0.2) is 26.4 Å². The Hall–Kier alpha value is -0.120. The summed E-state index contributed by atoms with van der Waals surface area (Å²) in [4.78, 5) is 4.93. The smallest absolute Gasteiger partial charge is 0.0653 e. The topological polar surface area (TPSA) is 30.5 Å². The second-order valence-electron chi connectivity index (χ2n) is 3.12. The summed E-state index contributed by atoms with van der Waals surface area (Å²) in [6, 6.07) is 0. The number of hydroxylamine groups is 1. The standard InChI is InChI=1S/C9H21NO2/c1-4-12-10-6-8-11-7-5-9(2)3/h9-10H,4-8H2,1-3H3. The molecule has 0 radical (unpaired) electrons. The Morgan fingerprint density at radius 3 is 2.58 bits per heavy atom. The molecule has 0 unspecified atom stereocenters. The van der Waals surface area contributed by atoms with Gasteiger partial charge in [0.15, 0.2) is 0 Å². The summed E-state index contributed by atoms with van der Waals surface area (Å²) in [5.74, 6) is 0.727. The van der Waals surface area contributed by atoms with Crippen LogP contribution in [0.5, 0.6) is 0 Å². The molecule has 0 aromatic rings. The van der Waals surface area contributed by atoms with Crippen LogP contribution in [-0.2, 0) is 9.57 Å². The maximum absolute atomic E-state index is 5.35. The second-order valence-corrected chi connectivity index (χ2v) is 3.12. The Morgan fingerprint density at radius 1 is 1.25 bits per heavy atom. The summed E-state index contributed by atoms with van der Waals surface area (Å²) in [5.41, 5.74) is 2.80. The van der Waals surface area contributed by atoms with Crippen LogP contribution in [0.2, 0.25) is 0 Å². The van der Waals surface area contributed by atoms with Crippen molar-refractivity contribution in [1.29, 1.82) is 0 Å². The van der Waals surface area contributed by atoms with E-state index in [4.69, 9.17) is 9.57 Å². The highest BCUT2D eigenvalue weighted by Crippen LogP contribution is 1.97. The molecule has 0 saturated carbocycles. The van der Waals surface area contributed by atoms with Crippen LogP contribution in [0, 0.1) is 5.92 Å². The Kier molecular flexibility index (Phi) is 8.88. The van der Waals surface area contributed by atoms with Gasteiger partial charge in [0.25, 0.3) is 0 Å². The van der Waals surface area contributed by atoms with Gasteiger partial charge >= 0.3 is 0 Å². The first-order chi connectivity index (χ1) is 5.77. The zero-order valence-electron chi connectivity index (χ0n) is 8.43. The molecule has 0 spiro atoms. The maximum Gasteiger partial charge on any atom is 0.0653 e. The van der Waals surface area contributed by atoms with E-state index in [0.29, 0.717) is 6.61 Å². The van der Waals surface area contributed by atoms with Crippen LogP contribution in [0.15, 0.2) is 0 Å². The van der Waals surface area contributed by atoms with Crippen LogP contribution in [0.4, 0.5) is 0 Å². The van der Waals surface area contributed by atoms with Crippen molar-refractivity contribution in [3.05, 3.63) is 0 Å². The fourth-order valence-corrected chi connectivity index (χ4v) is 0.709. The molecule has 0 aromatic carbocycles. The van der Waals surface area contributed by atoms with Crippen LogP contribution in [0.1, 0.15) is 27.2 Å². The third-order valence-corrected chi connectivity index (χ3v) is 1.43. The van der Waals surface area contributed by atoms with E-state index in [1.807, 2.05) is 6.92 Å². The van der Waals surface area contributed by atoms with E-state index in [1.54, 1.807) is 0 Å². The number of hydrogen-bond donors (Lipinski definition) is 1. The Morgan fingerprint density at radius 2 is 2.00 bits per heavy atom. The number of nitrogens with one attached hydrogen (secondary N) is 1. The number of rotatable bonds is 8. The summed E-state index contributed by atoms with van der Waals surface area (Å²) < 4.78 is 5.35. The summed E-state index contributed by atoms with van der Waals surface area (Å²) in [6.07, 6.45) is 1.13. The van der Waals surface area contributed by atoms with Gasteiger partial charge in [0.2, 0.25) is 0 Å². The second kappa shape index (κ2) is 8.97. The van der Waals surface area contributed by atoms with Crippen molar-refractivity contribution in [2.24, 2.45) is 5.92 Å². The highest BCUT2D eigenvalue weighted by molar-refractivity contribution is 4.42. The molecule has 3 nitrogen and oxygen atoms in total. The van der Waals surface area contributed by atoms with Gasteiger partial charge in [-0.05, 0) is 19.3 Å². The molecule has 3 heteroatoms. The number of hydrogen-bond acceptors (Lipinski definition) is 3. The zero-order valence-corrected chi connectivity index (χ0v) is 8.43. The molecule has 0 aliphatic rings. The third kappa shape index (κ3) is 9.88. The predicted octanol–water partition coefficient (Wildman–Crippen LogP) is 1.59. The maximum atomic E-state index is 5.35. The van der Waals surface area contributed by atoms with Crippen molar-refractivity contribution in [1.82, 2.24) is 5.48 Å². The normalized spacial score (nSPS) is 11.0. The molecule has 0 rings (SSSR count). The van der Waals surface area contributed by atoms with Crippen LogP contribution in [0.3, 0.4) is 0 Å². The van der Waals surface area contributed by atoms with Crippen molar-refractivity contribution in [3.8, 4) is 0 Å². The first kappa shape index (κ1) is 11.9. The molecule has 0 aliphatic heterocycles. The Labute approximate surface area is 75.4 Å². The van der Waals surface area contributed by atoms with Gasteiger partial charge in [-0.25, -0.2) is 5.48 Å². The van der Waals surface area contributed by atoms with Gasteiger partial charge in [0.05, 0.1) is 13.2 Å². The molecule has 12 heavy (non-hydrogen) atoms. The highest BCUT2D eigenvalue weighted by Gasteiger charge is 1.93. The minimum atomic E-state index is 0.700. The average Bonchev–Trinajstić information content (AvgIpc) is 2.02. The van der Waals surface area contributed by atoms with E-state index < -0.39 is 0 Å². The molecule has 0 atom stereocenters. The Bertz CT molecular complexity index is 86.6. The van der Waals surface area contributed by atoms with E-state index in [2.05, 4.69) is 19.3 Å². The lowest BCUT2D eigenvalue weighted by Gasteiger charge is -2.06. The van der Waals surface area contributed by atoms with E-state index in [1.165, 1.54) is 0 Å². The fraction of sp³-hybridized carbons (Fsp3) is 1.00. The van der Waals surface area contributed by atoms with Crippen molar-refractivity contribution in [2.75, 3.05) is 26.4 Å². The molecule has 0 amide bonds. The summed E-state index contributed by atoms with van der Waals surface area (Å²) in [6.45, 7) is 9.40. The highest BCUT2D eigenvalue weighted by atomic mass is 16.6. The van der Waals surface area contributed by atoms with Crippen molar-refractivity contribution < 1.29 is 9.57 Å². The molecule has 0 heterocycles. The largest absolute Gasteiger partial charge is 0.380 e. The fourth-order valence-electron chi connectivity index (χ4n) is 0.709.